The summed E-state index contributed by atoms with van der Waals surface area (Å²) in [6.07, 6.45) is 0.163. The van der Waals surface area contributed by atoms with Crippen molar-refractivity contribution in [1.82, 2.24) is 9.80 Å². The lowest BCUT2D eigenvalue weighted by Crippen LogP contribution is -2.57. The predicted octanol–water partition coefficient (Wildman–Crippen LogP) is 0.747. The van der Waals surface area contributed by atoms with Crippen LogP contribution in [0, 0.1) is 0 Å². The summed E-state index contributed by atoms with van der Waals surface area (Å²) in [4.78, 5) is 13.5. The van der Waals surface area contributed by atoms with Crippen molar-refractivity contribution in [3.8, 4) is 0 Å². The van der Waals surface area contributed by atoms with Crippen LogP contribution in [0.4, 0.5) is 26.3 Å². The Kier molecular flexibility index (Phi) is 5.83. The predicted molar refractivity (Wildman–Crippen MR) is 72.9 cm³/mol. The Bertz CT molecular complexity index is 788. The summed E-state index contributed by atoms with van der Waals surface area (Å²) in [7, 11) is -12.1. The van der Waals surface area contributed by atoms with Crippen molar-refractivity contribution in [3.05, 3.63) is 12.4 Å². The standard InChI is InChI=1S/C10H12F6N2O6S2/c1-3-18-5-4-17(2)7(18)6(25(20,21)9(11,12)13)8(19)24-26(22,23)10(14,15)16/h4-7H,3H2,1-2H3. The van der Waals surface area contributed by atoms with Crippen molar-refractivity contribution in [2.24, 2.45) is 0 Å². The van der Waals surface area contributed by atoms with Crippen molar-refractivity contribution in [3.63, 3.8) is 0 Å². The molecule has 0 fully saturated rings. The van der Waals surface area contributed by atoms with Gasteiger partial charge in [0, 0.05) is 26.0 Å². The second kappa shape index (κ2) is 6.79. The maximum atomic E-state index is 12.9. The summed E-state index contributed by atoms with van der Waals surface area (Å²) in [6.45, 7) is 1.21. The molecule has 0 aliphatic carbocycles. The highest BCUT2D eigenvalue weighted by atomic mass is 32.2. The third kappa shape index (κ3) is 3.99. The molecule has 26 heavy (non-hydrogen) atoms. The van der Waals surface area contributed by atoms with E-state index in [4.69, 9.17) is 0 Å². The molecule has 1 aliphatic heterocycles. The number of halogens is 6. The SMILES string of the molecule is CCN1C=CN(C)C1C(C(=O)OS(=O)(=O)C(F)(F)F)S(=O)(=O)C(F)(F)F. The van der Waals surface area contributed by atoms with E-state index in [1.807, 2.05) is 0 Å². The van der Waals surface area contributed by atoms with Gasteiger partial charge in [-0.3, -0.25) is 0 Å². The van der Waals surface area contributed by atoms with Crippen LogP contribution in [0.1, 0.15) is 6.92 Å². The maximum Gasteiger partial charge on any atom is 0.534 e. The van der Waals surface area contributed by atoms with Crippen LogP contribution >= 0.6 is 0 Å². The van der Waals surface area contributed by atoms with E-state index in [1.165, 1.54) is 6.92 Å². The molecule has 0 saturated carbocycles. The summed E-state index contributed by atoms with van der Waals surface area (Å²) in [5.74, 6) is -2.72. The van der Waals surface area contributed by atoms with E-state index < -0.39 is 48.4 Å². The Hall–Kier alpha value is -1.71. The monoisotopic (exact) mass is 434 g/mol. The Labute approximate surface area is 144 Å². The third-order valence-electron chi connectivity index (χ3n) is 3.25. The minimum Gasteiger partial charge on any atom is -0.357 e. The van der Waals surface area contributed by atoms with Crippen LogP contribution in [-0.2, 0) is 28.9 Å². The Morgan fingerprint density at radius 3 is 1.96 bits per heavy atom. The molecule has 0 radical (unpaired) electrons. The first-order valence-electron chi connectivity index (χ1n) is 6.48. The zero-order valence-corrected chi connectivity index (χ0v) is 14.6. The lowest BCUT2D eigenvalue weighted by atomic mass is 10.3. The van der Waals surface area contributed by atoms with E-state index in [-0.39, 0.29) is 6.54 Å². The van der Waals surface area contributed by atoms with Gasteiger partial charge in [-0.2, -0.15) is 34.8 Å². The molecule has 0 aromatic heterocycles. The fourth-order valence-electron chi connectivity index (χ4n) is 2.04. The first kappa shape index (κ1) is 22.3. The molecule has 2 atom stereocenters. The van der Waals surface area contributed by atoms with Gasteiger partial charge in [0.2, 0.25) is 5.25 Å². The van der Waals surface area contributed by atoms with Crippen molar-refractivity contribution < 1.29 is 52.2 Å². The minimum atomic E-state index is -6.66. The fraction of sp³-hybridized carbons (Fsp3) is 0.700. The highest BCUT2D eigenvalue weighted by Gasteiger charge is 2.61. The third-order valence-corrected chi connectivity index (χ3v) is 5.95. The zero-order valence-electron chi connectivity index (χ0n) is 12.9. The van der Waals surface area contributed by atoms with Crippen LogP contribution in [0.3, 0.4) is 0 Å². The van der Waals surface area contributed by atoms with Gasteiger partial charge in [0.05, 0.1) is 0 Å². The van der Waals surface area contributed by atoms with Crippen LogP contribution < -0.4 is 0 Å². The molecule has 0 bridgehead atoms. The van der Waals surface area contributed by atoms with Gasteiger partial charge in [0.25, 0.3) is 9.84 Å². The van der Waals surface area contributed by atoms with Crippen molar-refractivity contribution in [2.45, 2.75) is 29.4 Å². The van der Waals surface area contributed by atoms with Gasteiger partial charge < -0.3 is 14.0 Å². The topological polar surface area (TPSA) is 101 Å². The van der Waals surface area contributed by atoms with Crippen molar-refractivity contribution in [1.29, 1.82) is 0 Å². The molecule has 0 aromatic carbocycles. The molecule has 0 aromatic rings. The lowest BCUT2D eigenvalue weighted by Gasteiger charge is -2.34. The van der Waals surface area contributed by atoms with Crippen molar-refractivity contribution >= 4 is 25.9 Å². The van der Waals surface area contributed by atoms with E-state index in [0.29, 0.717) is 0 Å². The van der Waals surface area contributed by atoms with E-state index >= 15 is 0 Å². The number of hydrogen-bond acceptors (Lipinski definition) is 8. The van der Waals surface area contributed by atoms with Gasteiger partial charge in [-0.1, -0.05) is 0 Å². The first-order valence-corrected chi connectivity index (χ1v) is 9.43. The van der Waals surface area contributed by atoms with Gasteiger partial charge in [0.1, 0.15) is 6.17 Å². The van der Waals surface area contributed by atoms with E-state index in [1.54, 1.807) is 0 Å². The summed E-state index contributed by atoms with van der Waals surface area (Å²) < 4.78 is 124. The second-order valence-electron chi connectivity index (χ2n) is 4.92. The van der Waals surface area contributed by atoms with Crippen molar-refractivity contribution in [2.75, 3.05) is 13.6 Å². The van der Waals surface area contributed by atoms with E-state index in [9.17, 15) is 48.0 Å². The first-order chi connectivity index (χ1) is 11.5. The summed E-state index contributed by atoms with van der Waals surface area (Å²) in [5.41, 5.74) is -12.2. The number of sulfone groups is 1. The second-order valence-corrected chi connectivity index (χ2v) is 8.52. The number of rotatable bonds is 5. The van der Waals surface area contributed by atoms with E-state index in [0.717, 1.165) is 29.2 Å². The van der Waals surface area contributed by atoms with Crippen LogP contribution in [0.15, 0.2) is 12.4 Å². The minimum absolute atomic E-state index is 0.144. The van der Waals surface area contributed by atoms with Crippen LogP contribution in [-0.4, -0.2) is 68.6 Å². The number of carbonyl (C=O) groups is 1. The zero-order chi connectivity index (χ0) is 20.7. The molecule has 16 heteroatoms. The summed E-state index contributed by atoms with van der Waals surface area (Å²) in [6, 6.07) is 0. The van der Waals surface area contributed by atoms with Gasteiger partial charge in [-0.25, -0.2) is 13.2 Å². The van der Waals surface area contributed by atoms with Crippen LogP contribution in [0.25, 0.3) is 0 Å². The molecule has 1 aliphatic rings. The molecule has 152 valence electrons. The fourth-order valence-corrected chi connectivity index (χ4v) is 3.77. The lowest BCUT2D eigenvalue weighted by molar-refractivity contribution is -0.138. The Morgan fingerprint density at radius 1 is 1.08 bits per heavy atom. The van der Waals surface area contributed by atoms with E-state index in [2.05, 4.69) is 4.18 Å². The molecule has 0 saturated heterocycles. The Balaban J connectivity index is 3.46. The number of hydrogen-bond donors (Lipinski definition) is 0. The molecule has 0 amide bonds. The van der Waals surface area contributed by atoms with Gasteiger partial charge in [-0.15, -0.1) is 0 Å². The van der Waals surface area contributed by atoms with Gasteiger partial charge in [0.15, 0.2) is 0 Å². The number of carbonyl (C=O) groups excluding carboxylic acids is 1. The molecule has 2 unspecified atom stereocenters. The summed E-state index contributed by atoms with van der Waals surface area (Å²) >= 11 is 0. The molecule has 1 rings (SSSR count). The number of nitrogens with zero attached hydrogens (tertiary/aromatic N) is 2. The Morgan fingerprint density at radius 2 is 1.58 bits per heavy atom. The van der Waals surface area contributed by atoms with Gasteiger partial charge in [-0.05, 0) is 6.92 Å². The average molecular weight is 434 g/mol. The number of alkyl halides is 6. The molecule has 1 heterocycles. The molecule has 8 nitrogen and oxygen atoms in total. The molecule has 0 N–H and O–H groups in total. The normalized spacial score (nSPS) is 20.4. The molecular weight excluding hydrogens is 422 g/mol. The smallest absolute Gasteiger partial charge is 0.357 e. The van der Waals surface area contributed by atoms with Crippen LogP contribution in [0.5, 0.6) is 0 Å². The summed E-state index contributed by atoms with van der Waals surface area (Å²) in [5, 5.41) is -3.31. The molecular formula is C10H12F6N2O6S2. The largest absolute Gasteiger partial charge is 0.534 e. The average Bonchev–Trinajstić information content (AvgIpc) is 2.77. The highest BCUT2D eigenvalue weighted by Crippen LogP contribution is 2.34. The van der Waals surface area contributed by atoms with Crippen LogP contribution in [0.2, 0.25) is 0 Å². The maximum absolute atomic E-state index is 12.9. The quantitative estimate of drug-likeness (QED) is 0.355. The van der Waals surface area contributed by atoms with Gasteiger partial charge >= 0.3 is 27.1 Å². The molecule has 0 spiro atoms. The highest BCUT2D eigenvalue weighted by molar-refractivity contribution is 7.94.